The first-order valence-corrected chi connectivity index (χ1v) is 12.4. The summed E-state index contributed by atoms with van der Waals surface area (Å²) in [5, 5.41) is 7.96. The molecule has 1 saturated heterocycles. The van der Waals surface area contributed by atoms with Gasteiger partial charge < -0.3 is 14.9 Å². The minimum atomic E-state index is -3.74. The lowest BCUT2D eigenvalue weighted by Crippen LogP contribution is -2.40. The number of carbonyl (C=O) groups excluding carboxylic acids is 1. The molecule has 0 radical (unpaired) electrons. The van der Waals surface area contributed by atoms with Crippen LogP contribution in [0, 0.1) is 0 Å². The second-order valence-electron chi connectivity index (χ2n) is 7.28. The highest BCUT2D eigenvalue weighted by atomic mass is 35.5. The number of hydrogen-bond donors (Lipinski definition) is 2. The molecule has 1 amide bonds. The van der Waals surface area contributed by atoms with Crippen LogP contribution in [0.15, 0.2) is 41.8 Å². The summed E-state index contributed by atoms with van der Waals surface area (Å²) in [5.41, 5.74) is 1.93. The number of thiophene rings is 1. The summed E-state index contributed by atoms with van der Waals surface area (Å²) in [7, 11) is 0.289. The van der Waals surface area contributed by atoms with Crippen molar-refractivity contribution in [3.8, 4) is 0 Å². The number of rotatable bonds is 7. The predicted molar refractivity (Wildman–Crippen MR) is 128 cm³/mol. The van der Waals surface area contributed by atoms with Crippen LogP contribution in [-0.2, 0) is 19.6 Å². The van der Waals surface area contributed by atoms with E-state index in [2.05, 4.69) is 16.5 Å². The molecule has 3 rings (SSSR count). The summed E-state index contributed by atoms with van der Waals surface area (Å²) in [4.78, 5) is 25.6. The van der Waals surface area contributed by atoms with E-state index in [1.54, 1.807) is 17.0 Å². The van der Waals surface area contributed by atoms with Gasteiger partial charge in [-0.1, -0.05) is 23.7 Å². The van der Waals surface area contributed by atoms with E-state index < -0.39 is 16.1 Å². The largest absolute Gasteiger partial charge is 0.483 e. The number of carboxylic acid groups (broad SMARTS) is 1. The fourth-order valence-corrected chi connectivity index (χ4v) is 5.16. The molecule has 1 fully saturated rings. The Labute approximate surface area is 197 Å². The minimum absolute atomic E-state index is 0.241. The number of sulfonamides is 1. The number of benzene rings is 1. The second kappa shape index (κ2) is 11.6. The third-order valence-electron chi connectivity index (χ3n) is 4.98. The summed E-state index contributed by atoms with van der Waals surface area (Å²) < 4.78 is 27.7. The van der Waals surface area contributed by atoms with Crippen LogP contribution < -0.4 is 9.62 Å². The van der Waals surface area contributed by atoms with Crippen molar-refractivity contribution in [2.24, 2.45) is 0 Å². The molecule has 0 saturated carbocycles. The lowest BCUT2D eigenvalue weighted by atomic mass is 10.1. The van der Waals surface area contributed by atoms with Gasteiger partial charge in [-0.05, 0) is 63.3 Å². The first kappa shape index (κ1) is 26.0. The van der Waals surface area contributed by atoms with Crippen molar-refractivity contribution in [1.29, 1.82) is 0 Å². The van der Waals surface area contributed by atoms with Crippen molar-refractivity contribution in [3.63, 3.8) is 0 Å². The lowest BCUT2D eigenvalue weighted by molar-refractivity contribution is -0.123. The number of halogens is 1. The first-order valence-electron chi connectivity index (χ1n) is 9.69. The van der Waals surface area contributed by atoms with E-state index in [0.29, 0.717) is 17.3 Å². The highest BCUT2D eigenvalue weighted by molar-refractivity contribution is 7.92. The first-order chi connectivity index (χ1) is 15.1. The quantitative estimate of drug-likeness (QED) is 0.565. The van der Waals surface area contributed by atoms with Crippen molar-refractivity contribution in [2.75, 3.05) is 25.5 Å². The van der Waals surface area contributed by atoms with Crippen LogP contribution in [0.4, 0.5) is 5.69 Å². The molecule has 0 unspecified atom stereocenters. The van der Waals surface area contributed by atoms with Gasteiger partial charge in [-0.15, -0.1) is 11.3 Å². The molecule has 1 aliphatic rings. The van der Waals surface area contributed by atoms with Gasteiger partial charge in [0, 0.05) is 28.6 Å². The van der Waals surface area contributed by atoms with Gasteiger partial charge in [0.2, 0.25) is 15.9 Å². The monoisotopic (exact) mass is 499 g/mol. The molecule has 0 aliphatic carbocycles. The van der Waals surface area contributed by atoms with Gasteiger partial charge in [-0.3, -0.25) is 9.59 Å². The Kier molecular flexibility index (Phi) is 9.41. The topological polar surface area (TPSA) is 107 Å². The van der Waals surface area contributed by atoms with Crippen LogP contribution in [0.3, 0.4) is 0 Å². The Bertz CT molecular complexity index is 1050. The van der Waals surface area contributed by atoms with Gasteiger partial charge in [0.1, 0.15) is 6.04 Å². The average Bonchev–Trinajstić information content (AvgIpc) is 3.32. The summed E-state index contributed by atoms with van der Waals surface area (Å²) in [5.74, 6) is -0.241. The molecule has 1 aromatic carbocycles. The van der Waals surface area contributed by atoms with E-state index in [0.717, 1.165) is 21.5 Å². The zero-order valence-corrected chi connectivity index (χ0v) is 20.3. The molecule has 0 bridgehead atoms. The van der Waals surface area contributed by atoms with E-state index in [-0.39, 0.29) is 18.4 Å². The number of carbonyl (C=O) groups is 2. The molecule has 11 heteroatoms. The summed E-state index contributed by atoms with van der Waals surface area (Å²) in [6.07, 6.45) is 1.90. The van der Waals surface area contributed by atoms with E-state index >= 15 is 0 Å². The van der Waals surface area contributed by atoms with E-state index in [9.17, 15) is 13.2 Å². The maximum absolute atomic E-state index is 12.7. The molecule has 0 spiro atoms. The normalized spacial score (nSPS) is 17.5. The van der Waals surface area contributed by atoms with Gasteiger partial charge in [-0.25, -0.2) is 8.42 Å². The average molecular weight is 500 g/mol. The van der Waals surface area contributed by atoms with Crippen LogP contribution in [0.25, 0.3) is 6.08 Å². The highest BCUT2D eigenvalue weighted by Gasteiger charge is 2.34. The van der Waals surface area contributed by atoms with E-state index in [1.165, 1.54) is 17.4 Å². The second-order valence-corrected chi connectivity index (χ2v) is 10.6. The molecule has 2 heterocycles. The van der Waals surface area contributed by atoms with Gasteiger partial charge in [0.25, 0.3) is 6.47 Å². The van der Waals surface area contributed by atoms with Crippen molar-refractivity contribution in [1.82, 2.24) is 9.62 Å². The molecule has 1 aromatic heterocycles. The molecule has 1 aliphatic heterocycles. The molecule has 2 N–H and O–H groups in total. The van der Waals surface area contributed by atoms with Crippen molar-refractivity contribution in [2.45, 2.75) is 25.4 Å². The number of amides is 1. The number of hydrogen-bond acceptors (Lipinski definition) is 6. The van der Waals surface area contributed by atoms with Crippen molar-refractivity contribution < 1.29 is 23.1 Å². The van der Waals surface area contributed by atoms with Crippen molar-refractivity contribution in [3.05, 3.63) is 56.6 Å². The molecule has 8 nitrogen and oxygen atoms in total. The molecule has 2 atom stereocenters. The Morgan fingerprint density at radius 1 is 1.25 bits per heavy atom. The standard InChI is InChI=1S/C20H24ClN3O3S2.CH2O2/c1-14(23(2)3)15-4-6-16(7-5-15)24-12-10-18(20(24)25)22-29(26,27)13-11-17-8-9-19(21)28-17;2-1-3/h4-9,11,13-14,18,22H,10,12H2,1-3H3;1H,(H,2,3)/t14-,18-;/m0./s1. The Morgan fingerprint density at radius 3 is 2.41 bits per heavy atom. The van der Waals surface area contributed by atoms with E-state index in [4.69, 9.17) is 21.5 Å². The van der Waals surface area contributed by atoms with Gasteiger partial charge in [0.15, 0.2) is 0 Å². The highest BCUT2D eigenvalue weighted by Crippen LogP contribution is 2.26. The maximum atomic E-state index is 12.7. The molecule has 174 valence electrons. The molecular formula is C21H26ClN3O5S2. The number of anilines is 1. The fourth-order valence-electron chi connectivity index (χ4n) is 3.09. The third-order valence-corrected chi connectivity index (χ3v) is 7.28. The SMILES string of the molecule is C[C@@H](c1ccc(N2CC[C@H](NS(=O)(=O)C=Cc3ccc(Cl)s3)C2=O)cc1)N(C)C.O=CO. The molecule has 2 aromatic rings. The zero-order chi connectivity index (χ0) is 23.9. The van der Waals surface area contributed by atoms with Crippen LogP contribution in [-0.4, -0.2) is 57.5 Å². The summed E-state index contributed by atoms with van der Waals surface area (Å²) in [6.45, 7) is 2.33. The van der Waals surface area contributed by atoms with Gasteiger partial charge in [0.05, 0.1) is 4.34 Å². The Balaban J connectivity index is 0.00000114. The van der Waals surface area contributed by atoms with Crippen LogP contribution in [0.5, 0.6) is 0 Å². The molecular weight excluding hydrogens is 474 g/mol. The van der Waals surface area contributed by atoms with Crippen LogP contribution in [0.1, 0.15) is 29.8 Å². The van der Waals surface area contributed by atoms with Crippen LogP contribution in [0.2, 0.25) is 4.34 Å². The fraction of sp³-hybridized carbons (Fsp3) is 0.333. The Morgan fingerprint density at radius 2 is 1.88 bits per heavy atom. The lowest BCUT2D eigenvalue weighted by Gasteiger charge is -2.22. The van der Waals surface area contributed by atoms with Crippen LogP contribution >= 0.6 is 22.9 Å². The maximum Gasteiger partial charge on any atom is 0.290 e. The smallest absolute Gasteiger partial charge is 0.290 e. The Hall–Kier alpha value is -2.24. The summed E-state index contributed by atoms with van der Waals surface area (Å²) in [6, 6.07) is 10.8. The predicted octanol–water partition coefficient (Wildman–Crippen LogP) is 3.42. The van der Waals surface area contributed by atoms with Crippen molar-refractivity contribution >= 4 is 57.1 Å². The third kappa shape index (κ3) is 7.14. The molecule has 32 heavy (non-hydrogen) atoms. The van der Waals surface area contributed by atoms with Gasteiger partial charge >= 0.3 is 0 Å². The van der Waals surface area contributed by atoms with Gasteiger partial charge in [-0.2, -0.15) is 4.72 Å². The number of nitrogens with zero attached hydrogens (tertiary/aromatic N) is 2. The summed E-state index contributed by atoms with van der Waals surface area (Å²) >= 11 is 7.13. The minimum Gasteiger partial charge on any atom is -0.483 e. The number of nitrogens with one attached hydrogen (secondary N) is 1. The zero-order valence-electron chi connectivity index (χ0n) is 17.9. The van der Waals surface area contributed by atoms with E-state index in [1.807, 2.05) is 38.4 Å².